The van der Waals surface area contributed by atoms with E-state index in [9.17, 15) is 24.6 Å². The van der Waals surface area contributed by atoms with Crippen molar-refractivity contribution in [3.05, 3.63) is 72.8 Å². The Morgan fingerprint density at radius 1 is 1.22 bits per heavy atom. The van der Waals surface area contributed by atoms with Crippen LogP contribution in [0.2, 0.25) is 0 Å². The van der Waals surface area contributed by atoms with Gasteiger partial charge in [-0.05, 0) is 30.5 Å². The highest BCUT2D eigenvalue weighted by molar-refractivity contribution is 9.09. The fraction of sp³-hybridized carbons (Fsp3) is 0.414. The highest BCUT2D eigenvalue weighted by Gasteiger charge is 2.76. The molecule has 0 radical (unpaired) electrons. The van der Waals surface area contributed by atoms with E-state index >= 15 is 0 Å². The lowest BCUT2D eigenvalue weighted by atomic mass is 9.71. The number of aromatic nitrogens is 3. The van der Waals surface area contributed by atoms with Crippen LogP contribution in [0.4, 0.5) is 0 Å². The molecule has 2 aromatic carbocycles. The number of thioether (sulfide) groups is 1. The van der Waals surface area contributed by atoms with Gasteiger partial charge in [-0.3, -0.25) is 14.4 Å². The van der Waals surface area contributed by atoms with E-state index in [4.69, 9.17) is 0 Å². The summed E-state index contributed by atoms with van der Waals surface area (Å²) in [7, 11) is 0. The van der Waals surface area contributed by atoms with Gasteiger partial charge < -0.3 is 20.0 Å². The summed E-state index contributed by atoms with van der Waals surface area (Å²) in [5.74, 6) is -3.56. The summed E-state index contributed by atoms with van der Waals surface area (Å²) in [6, 6.07) is 15.2. The Bertz CT molecular complexity index is 1500. The largest absolute Gasteiger partial charge is 0.481 e. The zero-order chi connectivity index (χ0) is 28.9. The highest BCUT2D eigenvalue weighted by atomic mass is 79.9. The van der Waals surface area contributed by atoms with Crippen LogP contribution in [-0.2, 0) is 27.5 Å². The number of aliphatic hydroxyl groups excluding tert-OH is 1. The van der Waals surface area contributed by atoms with E-state index in [1.807, 2.05) is 54.6 Å². The molecule has 3 saturated heterocycles. The Morgan fingerprint density at radius 3 is 2.66 bits per heavy atom. The van der Waals surface area contributed by atoms with E-state index in [-0.39, 0.29) is 41.7 Å². The molecule has 3 aliphatic heterocycles. The van der Waals surface area contributed by atoms with Gasteiger partial charge >= 0.3 is 5.97 Å². The molecule has 12 heteroatoms. The van der Waals surface area contributed by atoms with Crippen molar-refractivity contribution in [3.8, 4) is 0 Å². The SMILES string of the molecule is C=CCN(Cn1nnc2ccccc21)C(=O)C1N([C@@H](CO)Cc2ccccc2)C(=O)[C@@H]2[C@@H](C(=O)O)[C@@H]3SC12CC3Br. The van der Waals surface area contributed by atoms with Crippen LogP contribution >= 0.6 is 27.7 Å². The number of aliphatic carboxylic acids is 1. The number of alkyl halides is 1. The van der Waals surface area contributed by atoms with Crippen LogP contribution in [0.15, 0.2) is 67.3 Å². The van der Waals surface area contributed by atoms with Crippen molar-refractivity contribution in [2.45, 2.75) is 46.4 Å². The Labute approximate surface area is 249 Å². The summed E-state index contributed by atoms with van der Waals surface area (Å²) in [4.78, 5) is 44.4. The van der Waals surface area contributed by atoms with Crippen molar-refractivity contribution in [2.75, 3.05) is 13.2 Å². The molecule has 3 aliphatic rings. The minimum Gasteiger partial charge on any atom is -0.481 e. The van der Waals surface area contributed by atoms with Crippen molar-refractivity contribution < 1.29 is 24.6 Å². The lowest BCUT2D eigenvalue weighted by molar-refractivity contribution is -0.150. The molecule has 7 atom stereocenters. The van der Waals surface area contributed by atoms with E-state index < -0.39 is 34.6 Å². The summed E-state index contributed by atoms with van der Waals surface area (Å²) in [5, 5.41) is 29.0. The number of likely N-dealkylation sites (tertiary alicyclic amines) is 1. The van der Waals surface area contributed by atoms with Crippen LogP contribution in [0.1, 0.15) is 12.0 Å². The number of hydrogen-bond donors (Lipinski definition) is 2. The van der Waals surface area contributed by atoms with Gasteiger partial charge in [0.1, 0.15) is 18.2 Å². The molecular formula is C29H30BrN5O5S. The van der Waals surface area contributed by atoms with Gasteiger partial charge in [-0.1, -0.05) is 69.7 Å². The van der Waals surface area contributed by atoms with Gasteiger partial charge in [0.25, 0.3) is 0 Å². The molecule has 1 aromatic heterocycles. The number of carboxylic acids is 1. The summed E-state index contributed by atoms with van der Waals surface area (Å²) in [5.41, 5.74) is 2.35. The van der Waals surface area contributed by atoms with E-state index in [0.29, 0.717) is 18.4 Å². The minimum absolute atomic E-state index is 0.0708. The maximum absolute atomic E-state index is 14.7. The second-order valence-corrected chi connectivity index (χ2v) is 13.6. The summed E-state index contributed by atoms with van der Waals surface area (Å²) >= 11 is 5.11. The van der Waals surface area contributed by atoms with Crippen molar-refractivity contribution >= 4 is 56.5 Å². The number of fused-ring (bicyclic) bond motifs is 2. The smallest absolute Gasteiger partial charge is 0.308 e. The third-order valence-corrected chi connectivity index (χ3v) is 11.8. The first-order valence-corrected chi connectivity index (χ1v) is 15.3. The fourth-order valence-electron chi connectivity index (χ4n) is 6.89. The molecule has 3 unspecified atom stereocenters. The number of carbonyl (C=O) groups excluding carboxylic acids is 2. The average molecular weight is 641 g/mol. The molecule has 1 spiro atoms. The van der Waals surface area contributed by atoms with Crippen LogP contribution in [0.5, 0.6) is 0 Å². The number of hydrogen-bond acceptors (Lipinski definition) is 7. The van der Waals surface area contributed by atoms with Crippen molar-refractivity contribution in [2.24, 2.45) is 11.8 Å². The van der Waals surface area contributed by atoms with Gasteiger partial charge in [-0.25, -0.2) is 4.68 Å². The van der Waals surface area contributed by atoms with Crippen LogP contribution in [0, 0.1) is 11.8 Å². The summed E-state index contributed by atoms with van der Waals surface area (Å²) in [6.45, 7) is 3.74. The molecule has 41 heavy (non-hydrogen) atoms. The van der Waals surface area contributed by atoms with Crippen molar-refractivity contribution in [3.63, 3.8) is 0 Å². The number of rotatable bonds is 10. The lowest BCUT2D eigenvalue weighted by Crippen LogP contribution is -2.58. The van der Waals surface area contributed by atoms with Gasteiger partial charge in [0.05, 0.1) is 34.7 Å². The maximum atomic E-state index is 14.7. The first-order chi connectivity index (χ1) is 19.8. The standard InChI is InChI=1S/C29H30BrN5O5S/c1-2-12-33(16-34-21-11-7-6-10-20(21)31-32-34)27(38)25-29-14-19(30)24(41-29)22(28(39)40)23(29)26(37)35(25)18(15-36)13-17-8-4-3-5-9-17/h2-11,18-19,22-25,36H,1,12-16H2,(H,39,40)/t18-,19?,22-,23+,24-,25?,29?/m1/s1. The predicted molar refractivity (Wildman–Crippen MR) is 157 cm³/mol. The Morgan fingerprint density at radius 2 is 1.95 bits per heavy atom. The molecule has 0 aliphatic carbocycles. The number of aliphatic hydroxyl groups is 1. The molecule has 3 fully saturated rings. The maximum Gasteiger partial charge on any atom is 0.308 e. The number of benzene rings is 2. The number of carboxylic acid groups (broad SMARTS) is 1. The molecule has 3 aromatic rings. The van der Waals surface area contributed by atoms with Gasteiger partial charge in [0.15, 0.2) is 0 Å². The highest BCUT2D eigenvalue weighted by Crippen LogP contribution is 2.68. The van der Waals surface area contributed by atoms with Gasteiger partial charge in [0.2, 0.25) is 11.8 Å². The summed E-state index contributed by atoms with van der Waals surface area (Å²) < 4.78 is 0.678. The van der Waals surface area contributed by atoms with Crippen LogP contribution in [0.3, 0.4) is 0 Å². The van der Waals surface area contributed by atoms with Crippen molar-refractivity contribution in [1.82, 2.24) is 24.8 Å². The topological polar surface area (TPSA) is 129 Å². The average Bonchev–Trinajstić information content (AvgIpc) is 3.69. The van der Waals surface area contributed by atoms with E-state index in [0.717, 1.165) is 11.1 Å². The Balaban J connectivity index is 1.43. The molecule has 0 saturated carbocycles. The molecule has 10 nitrogen and oxygen atoms in total. The third kappa shape index (κ3) is 4.47. The van der Waals surface area contributed by atoms with E-state index in [2.05, 4.69) is 32.8 Å². The Kier molecular flexibility index (Phi) is 7.41. The number of amides is 2. The Hall–Kier alpha value is -3.22. The molecule has 2 N–H and O–H groups in total. The molecule has 2 bridgehead atoms. The van der Waals surface area contributed by atoms with Gasteiger partial charge in [-0.15, -0.1) is 23.4 Å². The fourth-order valence-corrected chi connectivity index (χ4v) is 10.5. The predicted octanol–water partition coefficient (Wildman–Crippen LogP) is 2.56. The number of nitrogens with zero attached hydrogens (tertiary/aromatic N) is 5. The van der Waals surface area contributed by atoms with Crippen LogP contribution < -0.4 is 0 Å². The van der Waals surface area contributed by atoms with E-state index in [1.54, 1.807) is 15.7 Å². The molecule has 6 rings (SSSR count). The quantitative estimate of drug-likeness (QED) is 0.256. The second-order valence-electron chi connectivity index (χ2n) is 10.8. The van der Waals surface area contributed by atoms with Crippen molar-refractivity contribution in [1.29, 1.82) is 0 Å². The second kappa shape index (κ2) is 10.9. The normalized spacial score (nSPS) is 29.1. The third-order valence-electron chi connectivity index (χ3n) is 8.55. The molecule has 214 valence electrons. The van der Waals surface area contributed by atoms with E-state index in [1.165, 1.54) is 16.7 Å². The molecular weight excluding hydrogens is 610 g/mol. The molecule has 4 heterocycles. The zero-order valence-corrected chi connectivity index (χ0v) is 24.5. The zero-order valence-electron chi connectivity index (χ0n) is 22.1. The lowest BCUT2D eigenvalue weighted by Gasteiger charge is -2.39. The van der Waals surface area contributed by atoms with Crippen LogP contribution in [-0.4, -0.2) is 92.8 Å². The first-order valence-electron chi connectivity index (χ1n) is 13.5. The van der Waals surface area contributed by atoms with Gasteiger partial charge in [0, 0.05) is 16.6 Å². The van der Waals surface area contributed by atoms with Crippen LogP contribution in [0.25, 0.3) is 11.0 Å². The summed E-state index contributed by atoms with van der Waals surface area (Å²) in [6.07, 6.45) is 2.41. The number of para-hydroxylation sites is 1. The minimum atomic E-state index is -1.04. The number of carbonyl (C=O) groups is 3. The monoisotopic (exact) mass is 639 g/mol. The molecule has 2 amide bonds. The van der Waals surface area contributed by atoms with Gasteiger partial charge in [-0.2, -0.15) is 0 Å². The number of halogens is 1. The first kappa shape index (κ1) is 27.9.